The number of rotatable bonds is 5. The lowest BCUT2D eigenvalue weighted by atomic mass is 10.3. The molecule has 9 heteroatoms. The Morgan fingerprint density at radius 2 is 2.10 bits per heavy atom. The van der Waals surface area contributed by atoms with Gasteiger partial charge in [-0.25, -0.2) is 19.2 Å². The van der Waals surface area contributed by atoms with E-state index >= 15 is 0 Å². The zero-order valence-corrected chi connectivity index (χ0v) is 13.4. The smallest absolute Gasteiger partial charge is 0.265 e. The van der Waals surface area contributed by atoms with Crippen LogP contribution >= 0.6 is 15.9 Å². The average molecular weight is 373 g/mol. The average Bonchev–Trinajstić information content (AvgIpc) is 2.47. The standard InChI is InChI=1S/C12H13BrN4O3S/c1-20-10-5-4-8(7-9(10)13)17-21(18,19)11-3-2-6-15-12(11)16-14/h2-7,17H,14H2,1H3,(H,15,16). The molecule has 1 aromatic heterocycles. The van der Waals surface area contributed by atoms with Gasteiger partial charge in [-0.05, 0) is 46.3 Å². The highest BCUT2D eigenvalue weighted by molar-refractivity contribution is 9.10. The topological polar surface area (TPSA) is 106 Å². The third kappa shape index (κ3) is 3.43. The quantitative estimate of drug-likeness (QED) is 0.546. The van der Waals surface area contributed by atoms with E-state index in [1.807, 2.05) is 0 Å². The Kier molecular flexibility index (Phi) is 4.66. The molecule has 4 N–H and O–H groups in total. The van der Waals surface area contributed by atoms with Gasteiger partial charge in [-0.15, -0.1) is 0 Å². The molecular weight excluding hydrogens is 360 g/mol. The molecule has 0 aliphatic rings. The predicted molar refractivity (Wildman–Crippen MR) is 83.5 cm³/mol. The second-order valence-corrected chi connectivity index (χ2v) is 6.45. The molecule has 1 aromatic carbocycles. The van der Waals surface area contributed by atoms with Gasteiger partial charge in [0.15, 0.2) is 5.82 Å². The van der Waals surface area contributed by atoms with E-state index in [-0.39, 0.29) is 10.7 Å². The van der Waals surface area contributed by atoms with Crippen molar-refractivity contribution in [3.8, 4) is 5.75 Å². The van der Waals surface area contributed by atoms with Crippen LogP contribution in [0.4, 0.5) is 11.5 Å². The number of nitrogens with zero attached hydrogens (tertiary/aromatic N) is 1. The van der Waals surface area contributed by atoms with Gasteiger partial charge in [0.25, 0.3) is 10.0 Å². The summed E-state index contributed by atoms with van der Waals surface area (Å²) in [7, 11) is -2.28. The number of nitrogens with two attached hydrogens (primary N) is 1. The number of sulfonamides is 1. The number of halogens is 1. The van der Waals surface area contributed by atoms with Crippen molar-refractivity contribution in [2.45, 2.75) is 4.90 Å². The number of aromatic nitrogens is 1. The van der Waals surface area contributed by atoms with E-state index in [9.17, 15) is 8.42 Å². The Bertz CT molecular complexity index is 752. The first kappa shape index (κ1) is 15.5. The number of pyridine rings is 1. The van der Waals surface area contributed by atoms with Crippen LogP contribution in [0.25, 0.3) is 0 Å². The van der Waals surface area contributed by atoms with E-state index in [0.717, 1.165) is 0 Å². The summed E-state index contributed by atoms with van der Waals surface area (Å²) in [6.45, 7) is 0. The Hall–Kier alpha value is -1.84. The molecule has 1 heterocycles. The SMILES string of the molecule is COc1ccc(NS(=O)(=O)c2cccnc2NN)cc1Br. The lowest BCUT2D eigenvalue weighted by molar-refractivity contribution is 0.412. The summed E-state index contributed by atoms with van der Waals surface area (Å²) in [6.07, 6.45) is 1.44. The summed E-state index contributed by atoms with van der Waals surface area (Å²) >= 11 is 3.29. The predicted octanol–water partition coefficient (Wildman–Crippen LogP) is 1.94. The first-order chi connectivity index (χ1) is 9.97. The Morgan fingerprint density at radius 1 is 1.33 bits per heavy atom. The zero-order valence-electron chi connectivity index (χ0n) is 11.0. The van der Waals surface area contributed by atoms with E-state index in [1.165, 1.54) is 25.4 Å². The first-order valence-corrected chi connectivity index (χ1v) is 8.03. The molecule has 2 aromatic rings. The molecule has 2 rings (SSSR count). The minimum Gasteiger partial charge on any atom is -0.496 e. The molecule has 0 amide bonds. The number of hydrogen-bond donors (Lipinski definition) is 3. The summed E-state index contributed by atoms with van der Waals surface area (Å²) in [5.74, 6) is 5.94. The monoisotopic (exact) mass is 372 g/mol. The Balaban J connectivity index is 2.35. The van der Waals surface area contributed by atoms with Gasteiger partial charge in [0.2, 0.25) is 0 Å². The lowest BCUT2D eigenvalue weighted by Crippen LogP contribution is -2.18. The van der Waals surface area contributed by atoms with Crippen molar-refractivity contribution in [2.75, 3.05) is 17.3 Å². The third-order valence-corrected chi connectivity index (χ3v) is 4.63. The second kappa shape index (κ2) is 6.29. The summed E-state index contributed by atoms with van der Waals surface area (Å²) < 4.78 is 32.9. The van der Waals surface area contributed by atoms with E-state index in [4.69, 9.17) is 10.6 Å². The van der Waals surface area contributed by atoms with Crippen molar-refractivity contribution in [2.24, 2.45) is 5.84 Å². The molecule has 0 fully saturated rings. The molecule has 0 saturated carbocycles. The van der Waals surface area contributed by atoms with Crippen LogP contribution in [0.3, 0.4) is 0 Å². The summed E-state index contributed by atoms with van der Waals surface area (Å²) in [4.78, 5) is 3.82. The maximum atomic E-state index is 12.4. The van der Waals surface area contributed by atoms with Crippen LogP contribution in [0.5, 0.6) is 5.75 Å². The number of hydrogen-bond acceptors (Lipinski definition) is 6. The fraction of sp³-hybridized carbons (Fsp3) is 0.0833. The fourth-order valence-electron chi connectivity index (χ4n) is 1.66. The van der Waals surface area contributed by atoms with Gasteiger partial charge < -0.3 is 10.2 Å². The Morgan fingerprint density at radius 3 is 2.71 bits per heavy atom. The normalized spacial score (nSPS) is 11.0. The maximum absolute atomic E-state index is 12.4. The molecular formula is C12H13BrN4O3S. The van der Waals surface area contributed by atoms with Crippen molar-refractivity contribution < 1.29 is 13.2 Å². The second-order valence-electron chi connectivity index (χ2n) is 3.95. The van der Waals surface area contributed by atoms with Crippen molar-refractivity contribution >= 4 is 37.5 Å². The fourth-order valence-corrected chi connectivity index (χ4v) is 3.37. The van der Waals surface area contributed by atoms with Crippen molar-refractivity contribution in [3.63, 3.8) is 0 Å². The molecule has 0 radical (unpaired) electrons. The van der Waals surface area contributed by atoms with Gasteiger partial charge >= 0.3 is 0 Å². The molecule has 21 heavy (non-hydrogen) atoms. The van der Waals surface area contributed by atoms with Crippen molar-refractivity contribution in [1.82, 2.24) is 4.98 Å². The molecule has 0 saturated heterocycles. The molecule has 0 aliphatic heterocycles. The van der Waals surface area contributed by atoms with Gasteiger partial charge in [0, 0.05) is 6.20 Å². The van der Waals surface area contributed by atoms with Gasteiger partial charge in [0.05, 0.1) is 17.3 Å². The van der Waals surface area contributed by atoms with E-state index in [0.29, 0.717) is 15.9 Å². The molecule has 112 valence electrons. The highest BCUT2D eigenvalue weighted by Crippen LogP contribution is 2.29. The highest BCUT2D eigenvalue weighted by Gasteiger charge is 2.19. The van der Waals surface area contributed by atoms with Crippen LogP contribution in [-0.4, -0.2) is 20.5 Å². The van der Waals surface area contributed by atoms with E-state index in [1.54, 1.807) is 18.2 Å². The van der Waals surface area contributed by atoms with Crippen LogP contribution in [0.1, 0.15) is 0 Å². The molecule has 0 spiro atoms. The third-order valence-electron chi connectivity index (χ3n) is 2.60. The van der Waals surface area contributed by atoms with Gasteiger partial charge in [-0.2, -0.15) is 0 Å². The highest BCUT2D eigenvalue weighted by atomic mass is 79.9. The van der Waals surface area contributed by atoms with Gasteiger partial charge in [0.1, 0.15) is 10.6 Å². The van der Waals surface area contributed by atoms with Crippen LogP contribution in [0.15, 0.2) is 45.9 Å². The summed E-state index contributed by atoms with van der Waals surface area (Å²) in [6, 6.07) is 7.76. The van der Waals surface area contributed by atoms with Gasteiger partial charge in [-0.1, -0.05) is 0 Å². The molecule has 0 aliphatic carbocycles. The van der Waals surface area contributed by atoms with Crippen molar-refractivity contribution in [3.05, 3.63) is 41.0 Å². The largest absolute Gasteiger partial charge is 0.496 e. The maximum Gasteiger partial charge on any atom is 0.265 e. The van der Waals surface area contributed by atoms with Crippen LogP contribution in [-0.2, 0) is 10.0 Å². The van der Waals surface area contributed by atoms with Crippen LogP contribution < -0.4 is 20.7 Å². The molecule has 0 unspecified atom stereocenters. The number of nitrogens with one attached hydrogen (secondary N) is 2. The minimum atomic E-state index is -3.81. The number of nitrogen functional groups attached to an aromatic ring is 1. The van der Waals surface area contributed by atoms with E-state index < -0.39 is 10.0 Å². The summed E-state index contributed by atoms with van der Waals surface area (Å²) in [5.41, 5.74) is 2.64. The number of anilines is 2. The number of methoxy groups -OCH3 is 1. The van der Waals surface area contributed by atoms with E-state index in [2.05, 4.69) is 31.1 Å². The number of ether oxygens (including phenoxy) is 1. The van der Waals surface area contributed by atoms with Gasteiger partial charge in [-0.3, -0.25) is 4.72 Å². The minimum absolute atomic E-state index is 0.0422. The first-order valence-electron chi connectivity index (χ1n) is 5.76. The molecule has 0 bridgehead atoms. The Labute approximate surface area is 130 Å². The number of benzene rings is 1. The van der Waals surface area contributed by atoms with Crippen molar-refractivity contribution in [1.29, 1.82) is 0 Å². The molecule has 0 atom stereocenters. The summed E-state index contributed by atoms with van der Waals surface area (Å²) in [5, 5.41) is 0. The van der Waals surface area contributed by atoms with Crippen LogP contribution in [0.2, 0.25) is 0 Å². The number of hydrazine groups is 1. The van der Waals surface area contributed by atoms with Crippen LogP contribution in [0, 0.1) is 0 Å². The zero-order chi connectivity index (χ0) is 15.5. The lowest BCUT2D eigenvalue weighted by Gasteiger charge is -2.12. The molecule has 7 nitrogen and oxygen atoms in total.